The van der Waals surface area contributed by atoms with E-state index < -0.39 is 0 Å². The number of aryl methyl sites for hydroxylation is 1. The van der Waals surface area contributed by atoms with Gasteiger partial charge in [-0.3, -0.25) is 9.58 Å². The third kappa shape index (κ3) is 4.28. The van der Waals surface area contributed by atoms with Crippen LogP contribution in [0.1, 0.15) is 18.4 Å². The van der Waals surface area contributed by atoms with Crippen molar-refractivity contribution in [2.24, 2.45) is 7.05 Å². The van der Waals surface area contributed by atoms with Gasteiger partial charge in [0, 0.05) is 49.7 Å². The number of rotatable bonds is 6. The molecule has 0 N–H and O–H groups in total. The van der Waals surface area contributed by atoms with E-state index in [2.05, 4.69) is 63.4 Å². The number of fused-ring (bicyclic) bond motifs is 1. The highest BCUT2D eigenvalue weighted by atomic mass is 16.5. The van der Waals surface area contributed by atoms with Crippen LogP contribution in [-0.2, 0) is 13.6 Å². The van der Waals surface area contributed by atoms with Crippen molar-refractivity contribution in [2.45, 2.75) is 25.4 Å². The summed E-state index contributed by atoms with van der Waals surface area (Å²) in [6, 6.07) is 19.3. The number of nitrogens with zero attached hydrogens (tertiary/aromatic N) is 6. The van der Waals surface area contributed by atoms with Gasteiger partial charge in [0.2, 0.25) is 0 Å². The minimum atomic E-state index is 0.552. The molecule has 0 spiro atoms. The summed E-state index contributed by atoms with van der Waals surface area (Å²) in [6.07, 6.45) is 4.01. The van der Waals surface area contributed by atoms with Crippen molar-refractivity contribution in [1.29, 1.82) is 0 Å². The maximum Gasteiger partial charge on any atom is 0.159 e. The van der Waals surface area contributed by atoms with E-state index in [0.717, 1.165) is 66.2 Å². The zero-order valence-corrected chi connectivity index (χ0v) is 19.5. The molecule has 0 unspecified atom stereocenters. The third-order valence-electron chi connectivity index (χ3n) is 6.71. The topological polar surface area (TPSA) is 59.3 Å². The molecule has 33 heavy (non-hydrogen) atoms. The van der Waals surface area contributed by atoms with E-state index in [1.54, 1.807) is 13.3 Å². The Hall–Kier alpha value is -3.45. The standard InChI is InChI=1S/C26H30N6O/c1-30(18-19-8-10-21(33-3)11-9-19)20-13-16-32(17-14-20)26-23-7-5-4-6-22(23)25(28-29-26)24-12-15-27-31(24)2/h4-12,15,20H,13-14,16-18H2,1-3H3. The Balaban J connectivity index is 1.31. The second-order valence-corrected chi connectivity index (χ2v) is 8.74. The van der Waals surface area contributed by atoms with E-state index in [4.69, 9.17) is 9.84 Å². The van der Waals surface area contributed by atoms with Gasteiger partial charge in [0.25, 0.3) is 0 Å². The first-order valence-electron chi connectivity index (χ1n) is 11.5. The molecule has 0 atom stereocenters. The Morgan fingerprint density at radius 2 is 1.70 bits per heavy atom. The third-order valence-corrected chi connectivity index (χ3v) is 6.71. The van der Waals surface area contributed by atoms with Crippen LogP contribution < -0.4 is 9.64 Å². The summed E-state index contributed by atoms with van der Waals surface area (Å²) in [5.41, 5.74) is 3.16. The van der Waals surface area contributed by atoms with E-state index in [0.29, 0.717) is 6.04 Å². The van der Waals surface area contributed by atoms with Crippen LogP contribution in [0.2, 0.25) is 0 Å². The molecule has 0 bridgehead atoms. The molecule has 5 rings (SSSR count). The molecular weight excluding hydrogens is 412 g/mol. The van der Waals surface area contributed by atoms with Crippen LogP contribution in [0, 0.1) is 0 Å². The van der Waals surface area contributed by atoms with Gasteiger partial charge in [0.05, 0.1) is 12.8 Å². The lowest BCUT2D eigenvalue weighted by molar-refractivity contribution is 0.200. The molecule has 1 saturated heterocycles. The molecule has 4 aromatic rings. The highest BCUT2D eigenvalue weighted by Crippen LogP contribution is 2.32. The van der Waals surface area contributed by atoms with Gasteiger partial charge in [-0.2, -0.15) is 5.10 Å². The van der Waals surface area contributed by atoms with Gasteiger partial charge < -0.3 is 9.64 Å². The first-order valence-corrected chi connectivity index (χ1v) is 11.5. The second kappa shape index (κ2) is 9.19. The lowest BCUT2D eigenvalue weighted by Gasteiger charge is -2.37. The Kier molecular flexibility index (Phi) is 5.96. The summed E-state index contributed by atoms with van der Waals surface area (Å²) < 4.78 is 7.12. The Morgan fingerprint density at radius 3 is 2.36 bits per heavy atom. The highest BCUT2D eigenvalue weighted by molar-refractivity contribution is 5.99. The predicted octanol–water partition coefficient (Wildman–Crippen LogP) is 4.14. The largest absolute Gasteiger partial charge is 0.497 e. The molecule has 2 aromatic carbocycles. The first kappa shape index (κ1) is 21.4. The maximum atomic E-state index is 5.27. The van der Waals surface area contributed by atoms with Crippen molar-refractivity contribution in [1.82, 2.24) is 24.9 Å². The van der Waals surface area contributed by atoms with Crippen LogP contribution in [0.15, 0.2) is 60.8 Å². The van der Waals surface area contributed by atoms with Crippen molar-refractivity contribution in [3.8, 4) is 17.1 Å². The van der Waals surface area contributed by atoms with Crippen LogP contribution in [-0.4, -0.2) is 58.2 Å². The van der Waals surface area contributed by atoms with Gasteiger partial charge in [0.15, 0.2) is 5.82 Å². The van der Waals surface area contributed by atoms with Gasteiger partial charge in [-0.05, 0) is 43.7 Å². The van der Waals surface area contributed by atoms with E-state index >= 15 is 0 Å². The molecule has 0 amide bonds. The molecule has 170 valence electrons. The number of ether oxygens (including phenoxy) is 1. The molecule has 2 aromatic heterocycles. The van der Waals surface area contributed by atoms with Crippen LogP contribution in [0.5, 0.6) is 5.75 Å². The van der Waals surface area contributed by atoms with E-state index in [1.165, 1.54) is 5.56 Å². The molecular formula is C26H30N6O. The fraction of sp³-hybridized carbons (Fsp3) is 0.346. The fourth-order valence-electron chi connectivity index (χ4n) is 4.79. The number of anilines is 1. The van der Waals surface area contributed by atoms with E-state index in [1.807, 2.05) is 29.9 Å². The maximum absolute atomic E-state index is 5.27. The molecule has 0 aliphatic carbocycles. The molecule has 7 nitrogen and oxygen atoms in total. The van der Waals surface area contributed by atoms with E-state index in [-0.39, 0.29) is 0 Å². The summed E-state index contributed by atoms with van der Waals surface area (Å²) in [5, 5.41) is 15.9. The van der Waals surface area contributed by atoms with Gasteiger partial charge in [-0.25, -0.2) is 0 Å². The lowest BCUT2D eigenvalue weighted by atomic mass is 10.0. The van der Waals surface area contributed by atoms with Crippen LogP contribution in [0.3, 0.4) is 0 Å². The average molecular weight is 443 g/mol. The minimum Gasteiger partial charge on any atom is -0.497 e. The molecule has 1 aliphatic heterocycles. The number of methoxy groups -OCH3 is 1. The monoisotopic (exact) mass is 442 g/mol. The van der Waals surface area contributed by atoms with Crippen LogP contribution in [0.4, 0.5) is 5.82 Å². The summed E-state index contributed by atoms with van der Waals surface area (Å²) in [5.74, 6) is 1.88. The van der Waals surface area contributed by atoms with Crippen molar-refractivity contribution >= 4 is 16.6 Å². The van der Waals surface area contributed by atoms with Crippen molar-refractivity contribution in [3.63, 3.8) is 0 Å². The molecule has 3 heterocycles. The molecule has 1 fully saturated rings. The van der Waals surface area contributed by atoms with Crippen molar-refractivity contribution in [3.05, 3.63) is 66.4 Å². The average Bonchev–Trinajstić information content (AvgIpc) is 3.29. The summed E-state index contributed by atoms with van der Waals surface area (Å²) >= 11 is 0. The highest BCUT2D eigenvalue weighted by Gasteiger charge is 2.25. The number of hydrogen-bond acceptors (Lipinski definition) is 6. The van der Waals surface area contributed by atoms with E-state index in [9.17, 15) is 0 Å². The number of aromatic nitrogens is 4. The van der Waals surface area contributed by atoms with Crippen LogP contribution >= 0.6 is 0 Å². The SMILES string of the molecule is COc1ccc(CN(C)C2CCN(c3nnc(-c4ccnn4C)c4ccccc34)CC2)cc1. The van der Waals surface area contributed by atoms with Crippen molar-refractivity contribution < 1.29 is 4.74 Å². The fourth-order valence-corrected chi connectivity index (χ4v) is 4.79. The van der Waals surface area contributed by atoms with Gasteiger partial charge in [-0.15, -0.1) is 10.2 Å². The lowest BCUT2D eigenvalue weighted by Crippen LogP contribution is -2.43. The van der Waals surface area contributed by atoms with Gasteiger partial charge in [0.1, 0.15) is 11.4 Å². The Morgan fingerprint density at radius 1 is 0.970 bits per heavy atom. The first-order chi connectivity index (χ1) is 16.1. The van der Waals surface area contributed by atoms with Gasteiger partial charge >= 0.3 is 0 Å². The summed E-state index contributed by atoms with van der Waals surface area (Å²) in [6.45, 7) is 2.89. The molecule has 7 heteroatoms. The Bertz CT molecular complexity index is 1230. The van der Waals surface area contributed by atoms with Crippen LogP contribution in [0.25, 0.3) is 22.2 Å². The quantitative estimate of drug-likeness (QED) is 0.447. The molecule has 1 aliphatic rings. The zero-order valence-electron chi connectivity index (χ0n) is 19.5. The molecule has 0 saturated carbocycles. The number of hydrogen-bond donors (Lipinski definition) is 0. The Labute approximate surface area is 194 Å². The van der Waals surface area contributed by atoms with Gasteiger partial charge in [-0.1, -0.05) is 36.4 Å². The predicted molar refractivity (Wildman–Crippen MR) is 131 cm³/mol. The van der Waals surface area contributed by atoms with Crippen molar-refractivity contribution in [2.75, 3.05) is 32.1 Å². The summed E-state index contributed by atoms with van der Waals surface area (Å²) in [4.78, 5) is 4.86. The second-order valence-electron chi connectivity index (χ2n) is 8.74. The normalized spacial score (nSPS) is 14.8. The number of benzene rings is 2. The molecule has 0 radical (unpaired) electrons. The number of piperidine rings is 1. The summed E-state index contributed by atoms with van der Waals surface area (Å²) in [7, 11) is 5.87. The minimum absolute atomic E-state index is 0.552. The zero-order chi connectivity index (χ0) is 22.8. The smallest absolute Gasteiger partial charge is 0.159 e.